The quantitative estimate of drug-likeness (QED) is 0.635. The van der Waals surface area contributed by atoms with Crippen molar-refractivity contribution in [2.45, 2.75) is 68.9 Å². The van der Waals surface area contributed by atoms with Gasteiger partial charge in [0.2, 0.25) is 0 Å². The van der Waals surface area contributed by atoms with E-state index in [4.69, 9.17) is 11.5 Å². The van der Waals surface area contributed by atoms with Gasteiger partial charge in [-0.15, -0.1) is 0 Å². The van der Waals surface area contributed by atoms with Gasteiger partial charge in [0.1, 0.15) is 0 Å². The Balaban J connectivity index is 1.29. The summed E-state index contributed by atoms with van der Waals surface area (Å²) in [7, 11) is 0. The molecule has 0 spiro atoms. The monoisotopic (exact) mass is 320 g/mol. The Bertz CT molecular complexity index is 444. The lowest BCUT2D eigenvalue weighted by atomic mass is 9.49. The first-order chi connectivity index (χ1) is 11.0. The molecule has 5 rings (SSSR count). The highest BCUT2D eigenvalue weighted by Gasteiger charge is 2.55. The van der Waals surface area contributed by atoms with Gasteiger partial charge in [-0.2, -0.15) is 0 Å². The number of carbonyl (C=O) groups is 1. The number of rotatable bonds is 4. The Labute approximate surface area is 139 Å². The molecule has 0 atom stereocenters. The standard InChI is InChI=1S/C18H32N4O/c19-17(3-1-2-4-17)10-21-16(23)22-11-18(20)14-6-12-5-13(8-14)9-15(18)7-12/h12-15H,1-11,19-20H2,(H2,21,22,23). The number of hydrogen-bond acceptors (Lipinski definition) is 3. The molecular weight excluding hydrogens is 288 g/mol. The summed E-state index contributed by atoms with van der Waals surface area (Å²) in [5.74, 6) is 3.02. The summed E-state index contributed by atoms with van der Waals surface area (Å²) in [4.78, 5) is 12.2. The third-order valence-corrected chi connectivity index (χ3v) is 7.41. The molecule has 5 heteroatoms. The summed E-state index contributed by atoms with van der Waals surface area (Å²) in [6.07, 6.45) is 10.9. The smallest absolute Gasteiger partial charge is 0.314 e. The summed E-state index contributed by atoms with van der Waals surface area (Å²) in [6, 6.07) is -0.0969. The maximum absolute atomic E-state index is 12.2. The Morgan fingerprint density at radius 2 is 1.39 bits per heavy atom. The van der Waals surface area contributed by atoms with Crippen LogP contribution in [-0.2, 0) is 0 Å². The second-order valence-electron chi connectivity index (χ2n) is 9.02. The Morgan fingerprint density at radius 3 is 1.96 bits per heavy atom. The Hall–Kier alpha value is -0.810. The highest BCUT2D eigenvalue weighted by molar-refractivity contribution is 5.74. The molecule has 5 fully saturated rings. The third kappa shape index (κ3) is 2.86. The van der Waals surface area contributed by atoms with E-state index in [1.807, 2.05) is 0 Å². The summed E-state index contributed by atoms with van der Waals surface area (Å²) in [5, 5.41) is 6.04. The van der Waals surface area contributed by atoms with E-state index in [0.717, 1.165) is 24.7 Å². The van der Waals surface area contributed by atoms with Gasteiger partial charge in [0.15, 0.2) is 0 Å². The van der Waals surface area contributed by atoms with Crippen LogP contribution in [-0.4, -0.2) is 30.2 Å². The Kier molecular flexibility index (Phi) is 3.84. The van der Waals surface area contributed by atoms with Crippen molar-refractivity contribution >= 4 is 6.03 Å². The van der Waals surface area contributed by atoms with Crippen LogP contribution in [0.25, 0.3) is 0 Å². The van der Waals surface area contributed by atoms with Gasteiger partial charge < -0.3 is 22.1 Å². The molecule has 4 bridgehead atoms. The van der Waals surface area contributed by atoms with Gasteiger partial charge in [-0.25, -0.2) is 4.79 Å². The zero-order valence-electron chi connectivity index (χ0n) is 14.2. The van der Waals surface area contributed by atoms with Crippen molar-refractivity contribution in [1.29, 1.82) is 0 Å². The Morgan fingerprint density at radius 1 is 0.870 bits per heavy atom. The minimum Gasteiger partial charge on any atom is -0.336 e. The van der Waals surface area contributed by atoms with E-state index in [1.54, 1.807) is 0 Å². The summed E-state index contributed by atoms with van der Waals surface area (Å²) in [6.45, 7) is 1.19. The zero-order valence-corrected chi connectivity index (χ0v) is 14.2. The molecule has 5 aliphatic rings. The second-order valence-corrected chi connectivity index (χ2v) is 9.02. The van der Waals surface area contributed by atoms with Crippen molar-refractivity contribution in [3.8, 4) is 0 Å². The molecule has 5 aliphatic carbocycles. The molecule has 0 heterocycles. The van der Waals surface area contributed by atoms with E-state index < -0.39 is 0 Å². The fraction of sp³-hybridized carbons (Fsp3) is 0.944. The normalized spacial score (nSPS) is 43.6. The first kappa shape index (κ1) is 15.7. The van der Waals surface area contributed by atoms with E-state index in [0.29, 0.717) is 24.9 Å². The van der Waals surface area contributed by atoms with Crippen LogP contribution in [0.15, 0.2) is 0 Å². The van der Waals surface area contributed by atoms with Crippen LogP contribution in [0.5, 0.6) is 0 Å². The SMILES string of the molecule is NC1(CNC(=O)NCC2(N)C3CC4CC(C3)CC2C4)CCCC1. The number of nitrogens with two attached hydrogens (primary N) is 2. The van der Waals surface area contributed by atoms with Gasteiger partial charge in [0.05, 0.1) is 0 Å². The molecule has 5 saturated carbocycles. The van der Waals surface area contributed by atoms with Gasteiger partial charge in [-0.05, 0) is 68.6 Å². The lowest BCUT2D eigenvalue weighted by molar-refractivity contribution is -0.0529. The second kappa shape index (κ2) is 5.62. The average Bonchev–Trinajstić information content (AvgIpc) is 2.95. The van der Waals surface area contributed by atoms with Crippen LogP contribution < -0.4 is 22.1 Å². The molecule has 0 aromatic rings. The molecule has 130 valence electrons. The number of amides is 2. The van der Waals surface area contributed by atoms with Crippen molar-refractivity contribution in [3.05, 3.63) is 0 Å². The molecule has 0 aromatic heterocycles. The number of nitrogens with one attached hydrogen (secondary N) is 2. The van der Waals surface area contributed by atoms with Crippen LogP contribution >= 0.6 is 0 Å². The largest absolute Gasteiger partial charge is 0.336 e. The van der Waals surface area contributed by atoms with Crippen molar-refractivity contribution < 1.29 is 4.79 Å². The van der Waals surface area contributed by atoms with Crippen molar-refractivity contribution in [1.82, 2.24) is 10.6 Å². The molecular formula is C18H32N4O. The summed E-state index contributed by atoms with van der Waals surface area (Å²) >= 11 is 0. The lowest BCUT2D eigenvalue weighted by Gasteiger charge is -2.59. The molecule has 0 aromatic carbocycles. The maximum Gasteiger partial charge on any atom is 0.314 e. The van der Waals surface area contributed by atoms with Crippen LogP contribution in [0.1, 0.15) is 57.8 Å². The highest BCUT2D eigenvalue weighted by atomic mass is 16.2. The lowest BCUT2D eigenvalue weighted by Crippen LogP contribution is -2.67. The van der Waals surface area contributed by atoms with Gasteiger partial charge in [0.25, 0.3) is 0 Å². The van der Waals surface area contributed by atoms with Gasteiger partial charge in [-0.3, -0.25) is 0 Å². The molecule has 6 N–H and O–H groups in total. The zero-order chi connectivity index (χ0) is 16.1. The average molecular weight is 320 g/mol. The predicted octanol–water partition coefficient (Wildman–Crippen LogP) is 1.71. The molecule has 0 unspecified atom stereocenters. The van der Waals surface area contributed by atoms with Gasteiger partial charge in [0, 0.05) is 24.2 Å². The van der Waals surface area contributed by atoms with Crippen LogP contribution in [0.2, 0.25) is 0 Å². The number of urea groups is 1. The van der Waals surface area contributed by atoms with Crippen molar-refractivity contribution in [2.24, 2.45) is 35.1 Å². The first-order valence-electron chi connectivity index (χ1n) is 9.56. The van der Waals surface area contributed by atoms with Gasteiger partial charge in [-0.1, -0.05) is 12.8 Å². The molecule has 0 radical (unpaired) electrons. The van der Waals surface area contributed by atoms with Crippen LogP contribution in [0, 0.1) is 23.7 Å². The summed E-state index contributed by atoms with van der Waals surface area (Å²) in [5.41, 5.74) is 12.7. The van der Waals surface area contributed by atoms with E-state index in [-0.39, 0.29) is 17.1 Å². The number of carbonyl (C=O) groups excluding carboxylic acids is 1. The third-order valence-electron chi connectivity index (χ3n) is 7.41. The predicted molar refractivity (Wildman–Crippen MR) is 90.8 cm³/mol. The fourth-order valence-electron chi connectivity index (χ4n) is 6.16. The highest BCUT2D eigenvalue weighted by Crippen LogP contribution is 2.57. The first-order valence-corrected chi connectivity index (χ1v) is 9.56. The van der Waals surface area contributed by atoms with Crippen LogP contribution in [0.3, 0.4) is 0 Å². The fourth-order valence-corrected chi connectivity index (χ4v) is 6.16. The topological polar surface area (TPSA) is 93.2 Å². The number of hydrogen-bond donors (Lipinski definition) is 4. The molecule has 0 aliphatic heterocycles. The molecule has 2 amide bonds. The summed E-state index contributed by atoms with van der Waals surface area (Å²) < 4.78 is 0. The van der Waals surface area contributed by atoms with Gasteiger partial charge >= 0.3 is 6.03 Å². The molecule has 0 saturated heterocycles. The minimum atomic E-state index is -0.194. The van der Waals surface area contributed by atoms with E-state index in [9.17, 15) is 4.79 Å². The van der Waals surface area contributed by atoms with Crippen molar-refractivity contribution in [2.75, 3.05) is 13.1 Å². The van der Waals surface area contributed by atoms with E-state index in [1.165, 1.54) is 44.9 Å². The van der Waals surface area contributed by atoms with Crippen LogP contribution in [0.4, 0.5) is 4.79 Å². The maximum atomic E-state index is 12.2. The van der Waals surface area contributed by atoms with Crippen molar-refractivity contribution in [3.63, 3.8) is 0 Å². The minimum absolute atomic E-state index is 0.0969. The molecule has 23 heavy (non-hydrogen) atoms. The molecule has 5 nitrogen and oxygen atoms in total. The van der Waals surface area contributed by atoms with E-state index >= 15 is 0 Å². The van der Waals surface area contributed by atoms with E-state index in [2.05, 4.69) is 10.6 Å².